The number of ether oxygens (including phenoxy) is 3. The van der Waals surface area contributed by atoms with Gasteiger partial charge in [-0.05, 0) is 60.9 Å². The highest BCUT2D eigenvalue weighted by molar-refractivity contribution is 6.08. The van der Waals surface area contributed by atoms with Crippen LogP contribution in [0.15, 0.2) is 48.5 Å². The zero-order chi connectivity index (χ0) is 27.9. The van der Waals surface area contributed by atoms with Crippen molar-refractivity contribution < 1.29 is 37.0 Å². The van der Waals surface area contributed by atoms with Crippen LogP contribution < -0.4 is 19.1 Å². The number of hydrogen-bond donors (Lipinski definition) is 0. The van der Waals surface area contributed by atoms with E-state index in [2.05, 4.69) is 0 Å². The first-order chi connectivity index (χ1) is 18.7. The third-order valence-electron chi connectivity index (χ3n) is 7.66. The van der Waals surface area contributed by atoms with E-state index in [-0.39, 0.29) is 48.0 Å². The second kappa shape index (κ2) is 10.2. The molecule has 0 saturated carbocycles. The maximum atomic E-state index is 15.0. The number of benzene rings is 3. The highest BCUT2D eigenvalue weighted by Crippen LogP contribution is 2.48. The van der Waals surface area contributed by atoms with E-state index in [9.17, 15) is 22.8 Å². The van der Waals surface area contributed by atoms with E-state index in [0.717, 1.165) is 6.07 Å². The van der Waals surface area contributed by atoms with Gasteiger partial charge in [0.1, 0.15) is 17.2 Å². The molecule has 0 radical (unpaired) electrons. The number of carbonyl (C=O) groups is 2. The maximum Gasteiger partial charge on any atom is 0.261 e. The minimum atomic E-state index is -0.774. The largest absolute Gasteiger partial charge is 0.494 e. The lowest BCUT2D eigenvalue weighted by molar-refractivity contribution is 0.0661. The molecule has 10 heteroatoms. The lowest BCUT2D eigenvalue weighted by Gasteiger charge is -2.40. The lowest BCUT2D eigenvalue weighted by Crippen LogP contribution is -2.48. The first kappa shape index (κ1) is 26.4. The summed E-state index contributed by atoms with van der Waals surface area (Å²) in [6, 6.07) is 11.0. The van der Waals surface area contributed by atoms with Gasteiger partial charge in [-0.25, -0.2) is 13.2 Å². The number of piperidine rings is 1. The second-order valence-corrected chi connectivity index (χ2v) is 9.61. The number of amides is 2. The number of rotatable bonds is 5. The topological polar surface area (TPSA) is 68.3 Å². The van der Waals surface area contributed by atoms with Gasteiger partial charge in [0.2, 0.25) is 0 Å². The summed E-state index contributed by atoms with van der Waals surface area (Å²) in [6.45, 7) is 0.633. The quantitative estimate of drug-likeness (QED) is 0.458. The highest BCUT2D eigenvalue weighted by atomic mass is 19.1. The summed E-state index contributed by atoms with van der Waals surface area (Å²) in [7, 11) is 4.05. The maximum absolute atomic E-state index is 15.0. The van der Waals surface area contributed by atoms with Crippen molar-refractivity contribution in [1.82, 2.24) is 4.90 Å². The predicted molar refractivity (Wildman–Crippen MR) is 137 cm³/mol. The van der Waals surface area contributed by atoms with Gasteiger partial charge >= 0.3 is 0 Å². The zero-order valence-electron chi connectivity index (χ0n) is 21.7. The van der Waals surface area contributed by atoms with E-state index >= 15 is 0 Å². The molecule has 0 aromatic heterocycles. The van der Waals surface area contributed by atoms with Crippen molar-refractivity contribution in [3.63, 3.8) is 0 Å². The number of carbonyl (C=O) groups excluding carboxylic acids is 2. The SMILES string of the molecule is COc1cccc(C(=O)N2CC3(CCN(C(=O)c4c(F)ccc(OC)c4OC)CC3)c3cc(F)ccc32)c1F. The molecule has 2 aliphatic rings. The Morgan fingerprint density at radius 2 is 1.56 bits per heavy atom. The van der Waals surface area contributed by atoms with Crippen LogP contribution in [0.25, 0.3) is 0 Å². The Labute approximate surface area is 223 Å². The molecule has 2 amide bonds. The molecular formula is C29H27F3N2O5. The fraction of sp³-hybridized carbons (Fsp3) is 0.310. The molecule has 204 valence electrons. The summed E-state index contributed by atoms with van der Waals surface area (Å²) in [5, 5.41) is 0. The molecule has 0 N–H and O–H groups in total. The molecule has 0 bridgehead atoms. The summed E-state index contributed by atoms with van der Waals surface area (Å²) in [5.41, 5.74) is 0.0575. The van der Waals surface area contributed by atoms with Crippen molar-refractivity contribution in [2.45, 2.75) is 18.3 Å². The van der Waals surface area contributed by atoms with Crippen LogP contribution in [0.1, 0.15) is 39.1 Å². The van der Waals surface area contributed by atoms with Crippen LogP contribution in [0, 0.1) is 17.5 Å². The van der Waals surface area contributed by atoms with E-state index in [1.165, 1.54) is 73.6 Å². The van der Waals surface area contributed by atoms with Gasteiger partial charge in [0.15, 0.2) is 23.1 Å². The highest BCUT2D eigenvalue weighted by Gasteiger charge is 2.48. The molecule has 0 unspecified atom stereocenters. The van der Waals surface area contributed by atoms with Crippen LogP contribution >= 0.6 is 0 Å². The Balaban J connectivity index is 1.44. The van der Waals surface area contributed by atoms with Crippen molar-refractivity contribution >= 4 is 17.5 Å². The van der Waals surface area contributed by atoms with Gasteiger partial charge in [-0.2, -0.15) is 0 Å². The molecule has 3 aromatic carbocycles. The van der Waals surface area contributed by atoms with Gasteiger partial charge in [0, 0.05) is 30.7 Å². The third-order valence-corrected chi connectivity index (χ3v) is 7.66. The summed E-state index contributed by atoms with van der Waals surface area (Å²) >= 11 is 0. The molecule has 1 fully saturated rings. The van der Waals surface area contributed by atoms with Gasteiger partial charge in [0.05, 0.1) is 26.9 Å². The van der Waals surface area contributed by atoms with Gasteiger partial charge in [0.25, 0.3) is 11.8 Å². The number of halogens is 3. The van der Waals surface area contributed by atoms with Crippen LogP contribution in [0.4, 0.5) is 18.9 Å². The first-order valence-corrected chi connectivity index (χ1v) is 12.4. The van der Waals surface area contributed by atoms with Crippen molar-refractivity contribution in [2.75, 3.05) is 45.9 Å². The molecule has 7 nitrogen and oxygen atoms in total. The number of methoxy groups -OCH3 is 3. The number of hydrogen-bond acceptors (Lipinski definition) is 5. The van der Waals surface area contributed by atoms with Gasteiger partial charge in [-0.3, -0.25) is 9.59 Å². The number of nitrogens with zero attached hydrogens (tertiary/aromatic N) is 2. The molecule has 2 heterocycles. The van der Waals surface area contributed by atoms with E-state index in [1.807, 2.05) is 0 Å². The Kier molecular flexibility index (Phi) is 6.88. The van der Waals surface area contributed by atoms with E-state index in [0.29, 0.717) is 24.1 Å². The van der Waals surface area contributed by atoms with Crippen LogP contribution in [0.2, 0.25) is 0 Å². The van der Waals surface area contributed by atoms with Crippen LogP contribution in [-0.4, -0.2) is 57.7 Å². The van der Waals surface area contributed by atoms with Gasteiger partial charge < -0.3 is 24.0 Å². The number of anilines is 1. The molecule has 1 spiro atoms. The molecule has 0 aliphatic carbocycles. The molecule has 3 aromatic rings. The zero-order valence-corrected chi connectivity index (χ0v) is 21.7. The Morgan fingerprint density at radius 1 is 0.846 bits per heavy atom. The minimum absolute atomic E-state index is 0.00755. The molecule has 39 heavy (non-hydrogen) atoms. The van der Waals surface area contributed by atoms with Gasteiger partial charge in [-0.1, -0.05) is 6.07 Å². The Morgan fingerprint density at radius 3 is 2.23 bits per heavy atom. The van der Waals surface area contributed by atoms with E-state index in [4.69, 9.17) is 14.2 Å². The molecule has 0 atom stereocenters. The molecule has 2 aliphatic heterocycles. The standard InChI is InChI=1S/C29H27F3N2O5/c1-37-22-6-4-5-18(25(22)32)27(35)34-16-29(19-15-17(30)7-9-21(19)34)11-13-33(14-12-29)28(36)24-20(31)8-10-23(38-2)26(24)39-3/h4-10,15H,11-14,16H2,1-3H3. The normalized spacial score (nSPS) is 15.7. The van der Waals surface area contributed by atoms with Crippen molar-refractivity contribution in [2.24, 2.45) is 0 Å². The fourth-order valence-electron chi connectivity index (χ4n) is 5.63. The Hall–Kier alpha value is -4.21. The molecular weight excluding hydrogens is 513 g/mol. The third kappa shape index (κ3) is 4.33. The van der Waals surface area contributed by atoms with Crippen LogP contribution in [0.3, 0.4) is 0 Å². The first-order valence-electron chi connectivity index (χ1n) is 12.4. The van der Waals surface area contributed by atoms with Crippen molar-refractivity contribution in [3.05, 3.63) is 82.7 Å². The number of fused-ring (bicyclic) bond motifs is 2. The second-order valence-electron chi connectivity index (χ2n) is 9.61. The monoisotopic (exact) mass is 540 g/mol. The molecule has 1 saturated heterocycles. The summed E-state index contributed by atoms with van der Waals surface area (Å²) < 4.78 is 59.7. The van der Waals surface area contributed by atoms with Crippen molar-refractivity contribution in [1.29, 1.82) is 0 Å². The summed E-state index contributed by atoms with van der Waals surface area (Å²) in [5.74, 6) is -2.91. The summed E-state index contributed by atoms with van der Waals surface area (Å²) in [6.07, 6.45) is 0.765. The smallest absolute Gasteiger partial charge is 0.261 e. The lowest BCUT2D eigenvalue weighted by atomic mass is 9.74. The van der Waals surface area contributed by atoms with E-state index in [1.54, 1.807) is 0 Å². The average molecular weight is 541 g/mol. The minimum Gasteiger partial charge on any atom is -0.494 e. The number of likely N-dealkylation sites (tertiary alicyclic amines) is 1. The summed E-state index contributed by atoms with van der Waals surface area (Å²) in [4.78, 5) is 29.9. The van der Waals surface area contributed by atoms with Gasteiger partial charge in [-0.15, -0.1) is 0 Å². The Bertz CT molecular complexity index is 1450. The predicted octanol–water partition coefficient (Wildman–Crippen LogP) is 4.96. The van der Waals surface area contributed by atoms with E-state index < -0.39 is 34.7 Å². The van der Waals surface area contributed by atoms with Crippen LogP contribution in [-0.2, 0) is 5.41 Å². The average Bonchev–Trinajstić information content (AvgIpc) is 3.25. The fourth-order valence-corrected chi connectivity index (χ4v) is 5.63. The van der Waals surface area contributed by atoms with Crippen LogP contribution in [0.5, 0.6) is 17.2 Å². The molecule has 5 rings (SSSR count). The van der Waals surface area contributed by atoms with Crippen molar-refractivity contribution in [3.8, 4) is 17.2 Å².